The molecule has 113 valence electrons. The number of unbranched alkanes of at least 4 members (excludes halogenated alkanes) is 11. The topological polar surface area (TPSA) is 3.24 Å². The fourth-order valence-electron chi connectivity index (χ4n) is 2.45. The first-order valence-corrected chi connectivity index (χ1v) is 10.4. The van der Waals surface area contributed by atoms with Gasteiger partial charge in [-0.15, -0.1) is 0 Å². The Kier molecular flexibility index (Phi) is 17.6. The van der Waals surface area contributed by atoms with E-state index in [1.165, 1.54) is 121 Å². The van der Waals surface area contributed by atoms with Gasteiger partial charge < -0.3 is 0 Å². The Hall–Kier alpha value is 0.830. The molecule has 0 unspecified atom stereocenters. The van der Waals surface area contributed by atoms with E-state index in [1.54, 1.807) is 0 Å². The summed E-state index contributed by atoms with van der Waals surface area (Å²) in [7, 11) is 0. The average Bonchev–Trinajstić information content (AvgIpc) is 2.41. The molecule has 0 saturated carbocycles. The van der Waals surface area contributed by atoms with E-state index in [9.17, 15) is 0 Å². The SMILES string of the molecule is CCCCCCCCCCCC[N]([Hf])CCCCC. The van der Waals surface area contributed by atoms with Crippen molar-refractivity contribution in [3.8, 4) is 0 Å². The van der Waals surface area contributed by atoms with Crippen LogP contribution in [0.2, 0.25) is 0 Å². The molecule has 0 radical (unpaired) electrons. The van der Waals surface area contributed by atoms with Crippen LogP contribution in [0.4, 0.5) is 0 Å². The van der Waals surface area contributed by atoms with Crippen molar-refractivity contribution >= 4 is 0 Å². The fraction of sp³-hybridized carbons (Fsp3) is 1.00. The van der Waals surface area contributed by atoms with Crippen molar-refractivity contribution < 1.29 is 24.7 Å². The third-order valence-corrected chi connectivity index (χ3v) is 5.42. The van der Waals surface area contributed by atoms with Gasteiger partial charge in [0.2, 0.25) is 0 Å². The van der Waals surface area contributed by atoms with Crippen LogP contribution < -0.4 is 0 Å². The van der Waals surface area contributed by atoms with E-state index in [0.29, 0.717) is 0 Å². The third-order valence-electron chi connectivity index (χ3n) is 3.81. The Bertz CT molecular complexity index is 161. The minimum absolute atomic E-state index is 1.26. The van der Waals surface area contributed by atoms with Crippen LogP contribution in [0.1, 0.15) is 97.3 Å². The van der Waals surface area contributed by atoms with Gasteiger partial charge in [0, 0.05) is 0 Å². The van der Waals surface area contributed by atoms with Crippen molar-refractivity contribution in [3.63, 3.8) is 0 Å². The Morgan fingerprint density at radius 2 is 0.842 bits per heavy atom. The molecule has 19 heavy (non-hydrogen) atoms. The summed E-state index contributed by atoms with van der Waals surface area (Å²) in [6.07, 6.45) is 18.7. The first-order chi connectivity index (χ1) is 9.31. The summed E-state index contributed by atoms with van der Waals surface area (Å²) in [5, 5.41) is 0. The first-order valence-electron chi connectivity index (χ1n) is 8.77. The predicted molar refractivity (Wildman–Crippen MR) is 82.9 cm³/mol. The van der Waals surface area contributed by atoms with E-state index in [1.807, 2.05) is 0 Å². The van der Waals surface area contributed by atoms with Gasteiger partial charge in [-0.05, 0) is 0 Å². The van der Waals surface area contributed by atoms with Crippen LogP contribution in [-0.2, 0) is 24.7 Å². The second-order valence-electron chi connectivity index (χ2n) is 5.88. The number of nitrogens with zero attached hydrogens (tertiary/aromatic N) is 1. The van der Waals surface area contributed by atoms with Crippen LogP contribution in [0.15, 0.2) is 0 Å². The van der Waals surface area contributed by atoms with Crippen molar-refractivity contribution in [2.24, 2.45) is 0 Å². The third kappa shape index (κ3) is 16.8. The minimum atomic E-state index is 1.26. The van der Waals surface area contributed by atoms with Gasteiger partial charge in [-0.2, -0.15) is 0 Å². The van der Waals surface area contributed by atoms with Gasteiger partial charge in [-0.1, -0.05) is 6.92 Å². The van der Waals surface area contributed by atoms with Gasteiger partial charge in [0.15, 0.2) is 0 Å². The van der Waals surface area contributed by atoms with Gasteiger partial charge in [-0.25, -0.2) is 0 Å². The van der Waals surface area contributed by atoms with Crippen LogP contribution in [0.3, 0.4) is 0 Å². The summed E-state index contributed by atoms with van der Waals surface area (Å²) in [5.41, 5.74) is 0. The zero-order valence-corrected chi connectivity index (χ0v) is 17.1. The molecule has 1 nitrogen and oxygen atoms in total. The maximum atomic E-state index is 2.65. The summed E-state index contributed by atoms with van der Waals surface area (Å²) in [6, 6.07) is 0. The van der Waals surface area contributed by atoms with Crippen LogP contribution in [0.5, 0.6) is 0 Å². The molecule has 0 fully saturated rings. The zero-order valence-electron chi connectivity index (χ0n) is 13.6. The average molecular weight is 433 g/mol. The number of rotatable bonds is 15. The van der Waals surface area contributed by atoms with Gasteiger partial charge in [0.1, 0.15) is 0 Å². The van der Waals surface area contributed by atoms with E-state index >= 15 is 0 Å². The first kappa shape index (κ1) is 19.8. The van der Waals surface area contributed by atoms with E-state index in [0.717, 1.165) is 0 Å². The van der Waals surface area contributed by atoms with Crippen LogP contribution in [0, 0.1) is 0 Å². The summed E-state index contributed by atoms with van der Waals surface area (Å²) in [4.78, 5) is 0. The normalized spacial score (nSPS) is 11.3. The van der Waals surface area contributed by atoms with Crippen LogP contribution >= 0.6 is 0 Å². The summed E-state index contributed by atoms with van der Waals surface area (Å²) in [6.45, 7) is 7.31. The quantitative estimate of drug-likeness (QED) is 0.231. The van der Waals surface area contributed by atoms with E-state index in [2.05, 4.69) is 16.7 Å². The Balaban J connectivity index is 3.05. The van der Waals surface area contributed by atoms with Crippen molar-refractivity contribution in [2.45, 2.75) is 97.3 Å². The molecule has 0 rings (SSSR count). The second-order valence-corrected chi connectivity index (χ2v) is 8.15. The van der Waals surface area contributed by atoms with Crippen molar-refractivity contribution in [3.05, 3.63) is 0 Å². The molecular formula is C17H36HfN. The van der Waals surface area contributed by atoms with Gasteiger partial charge in [-0.3, -0.25) is 0 Å². The molecule has 0 amide bonds. The van der Waals surface area contributed by atoms with Gasteiger partial charge in [0.25, 0.3) is 0 Å². The monoisotopic (exact) mass is 434 g/mol. The van der Waals surface area contributed by atoms with Gasteiger partial charge in [0.05, 0.1) is 0 Å². The molecule has 0 atom stereocenters. The summed E-state index contributed by atoms with van der Waals surface area (Å²) >= 11 is 1.26. The van der Waals surface area contributed by atoms with Crippen molar-refractivity contribution in [2.75, 3.05) is 13.1 Å². The van der Waals surface area contributed by atoms with Crippen LogP contribution in [0.25, 0.3) is 0 Å². The van der Waals surface area contributed by atoms with Crippen molar-refractivity contribution in [1.82, 2.24) is 2.89 Å². The molecule has 0 heterocycles. The molecule has 0 aliphatic rings. The second kappa shape index (κ2) is 16.9. The standard InChI is InChI=1S/C17H36N.Hf/c1-3-5-7-8-9-10-11-12-13-15-17-18-16-14-6-4-2;/h3-17H2,1-2H3;/q-1;+1. The van der Waals surface area contributed by atoms with E-state index < -0.39 is 0 Å². The molecule has 0 aromatic heterocycles. The Labute approximate surface area is 137 Å². The molecule has 0 N–H and O–H groups in total. The summed E-state index contributed by atoms with van der Waals surface area (Å²) in [5.74, 6) is 0. The number of hydrogen-bond donors (Lipinski definition) is 0. The molecule has 0 saturated heterocycles. The van der Waals surface area contributed by atoms with Gasteiger partial charge >= 0.3 is 131 Å². The zero-order chi connectivity index (χ0) is 14.2. The van der Waals surface area contributed by atoms with E-state index in [-0.39, 0.29) is 0 Å². The molecule has 0 aromatic carbocycles. The molecule has 0 spiro atoms. The molecule has 0 aromatic rings. The van der Waals surface area contributed by atoms with E-state index in [4.69, 9.17) is 0 Å². The molecule has 2 heteroatoms. The Morgan fingerprint density at radius 1 is 0.526 bits per heavy atom. The van der Waals surface area contributed by atoms with Crippen molar-refractivity contribution in [1.29, 1.82) is 0 Å². The molecule has 0 aliphatic heterocycles. The molecule has 0 aliphatic carbocycles. The molecule has 0 bridgehead atoms. The summed E-state index contributed by atoms with van der Waals surface area (Å²) < 4.78 is 2.65. The Morgan fingerprint density at radius 3 is 1.32 bits per heavy atom. The molecular weight excluding hydrogens is 397 g/mol. The van der Waals surface area contributed by atoms with Crippen LogP contribution in [-0.4, -0.2) is 16.0 Å². The fourth-order valence-corrected chi connectivity index (χ4v) is 3.59. The number of hydrogen-bond acceptors (Lipinski definition) is 1. The maximum absolute atomic E-state index is 2.65. The predicted octanol–water partition coefficient (Wildman–Crippen LogP) is 5.86.